The molecule has 1 unspecified atom stereocenters. The molecule has 4 heterocycles. The van der Waals surface area contributed by atoms with E-state index in [9.17, 15) is 14.4 Å². The number of nitrogens with zero attached hydrogens (tertiary/aromatic N) is 4. The molecule has 2 aliphatic heterocycles. The molecule has 1 aliphatic carbocycles. The maximum Gasteiger partial charge on any atom is 0.328 e. The van der Waals surface area contributed by atoms with Crippen molar-refractivity contribution in [2.24, 2.45) is 0 Å². The second-order valence-corrected chi connectivity index (χ2v) is 11.5. The molecule has 2 atom stereocenters. The Kier molecular flexibility index (Phi) is 5.17. The highest BCUT2D eigenvalue weighted by molar-refractivity contribution is 6.08. The third kappa shape index (κ3) is 3.28. The number of benzene rings is 2. The lowest BCUT2D eigenvalue weighted by Gasteiger charge is -2.32. The van der Waals surface area contributed by atoms with Gasteiger partial charge in [-0.2, -0.15) is 0 Å². The summed E-state index contributed by atoms with van der Waals surface area (Å²) in [5.41, 5.74) is 3.85. The van der Waals surface area contributed by atoms with Gasteiger partial charge < -0.3 is 10.2 Å². The summed E-state index contributed by atoms with van der Waals surface area (Å²) in [6.45, 7) is 5.78. The molecular formula is C32H29N5O3. The molecular weight excluding hydrogens is 502 g/mol. The van der Waals surface area contributed by atoms with Crippen LogP contribution < -0.4 is 5.32 Å². The predicted octanol–water partition coefficient (Wildman–Crippen LogP) is 4.71. The van der Waals surface area contributed by atoms with Gasteiger partial charge in [0.25, 0.3) is 5.91 Å². The molecule has 0 radical (unpaired) electrons. The summed E-state index contributed by atoms with van der Waals surface area (Å²) in [4.78, 5) is 52.5. The van der Waals surface area contributed by atoms with Gasteiger partial charge in [0.05, 0.1) is 17.5 Å². The number of imide groups is 1. The first-order valence-corrected chi connectivity index (χ1v) is 13.6. The van der Waals surface area contributed by atoms with E-state index in [-0.39, 0.29) is 30.4 Å². The molecule has 4 amide bonds. The van der Waals surface area contributed by atoms with E-state index >= 15 is 0 Å². The molecule has 1 fully saturated rings. The summed E-state index contributed by atoms with van der Waals surface area (Å²) in [5.74, 6) is 0.411. The van der Waals surface area contributed by atoms with Gasteiger partial charge in [-0.3, -0.25) is 19.5 Å². The largest absolute Gasteiger partial charge is 0.328 e. The molecule has 2 aromatic heterocycles. The molecule has 1 saturated heterocycles. The van der Waals surface area contributed by atoms with E-state index in [1.165, 1.54) is 4.90 Å². The van der Waals surface area contributed by atoms with Crippen molar-refractivity contribution < 1.29 is 14.4 Å². The molecule has 8 heteroatoms. The molecule has 3 aliphatic rings. The Balaban J connectivity index is 1.25. The summed E-state index contributed by atoms with van der Waals surface area (Å²) in [6, 6.07) is 19.0. The quantitative estimate of drug-likeness (QED) is 0.385. The van der Waals surface area contributed by atoms with Crippen LogP contribution in [0.1, 0.15) is 48.6 Å². The van der Waals surface area contributed by atoms with Crippen LogP contribution in [0.5, 0.6) is 0 Å². The number of carbonyl (C=O) groups is 3. The molecule has 2 aromatic carbocycles. The van der Waals surface area contributed by atoms with Crippen LogP contribution in [0.3, 0.4) is 0 Å². The first-order valence-electron chi connectivity index (χ1n) is 13.6. The van der Waals surface area contributed by atoms with Crippen molar-refractivity contribution in [1.82, 2.24) is 19.8 Å². The predicted molar refractivity (Wildman–Crippen MR) is 150 cm³/mol. The Morgan fingerprint density at radius 1 is 0.950 bits per heavy atom. The van der Waals surface area contributed by atoms with E-state index in [0.29, 0.717) is 18.7 Å². The normalized spacial score (nSPS) is 23.4. The standard InChI is InChI=1S/C32H29N5O3/c1-19(2)37-29(39)31(3,24-8-5-4-6-9-24)36(30(37)40)18-20-12-21-13-22-15-32(16-23(22)14-26(21)34-17-20)25-10-7-11-33-27(25)35-28(32)38/h4-14,17,19H,15-16,18H2,1-3H3,(H,33,35,38)/t31?,32-/m0/s1. The summed E-state index contributed by atoms with van der Waals surface area (Å²) in [5, 5.41) is 3.90. The van der Waals surface area contributed by atoms with Gasteiger partial charge in [-0.05, 0) is 80.1 Å². The number of hydrogen-bond donors (Lipinski definition) is 1. The average molecular weight is 532 g/mol. The molecule has 1 spiro atoms. The lowest BCUT2D eigenvalue weighted by atomic mass is 9.79. The van der Waals surface area contributed by atoms with Crippen LogP contribution in [0.15, 0.2) is 73.1 Å². The second-order valence-electron chi connectivity index (χ2n) is 11.5. The highest BCUT2D eigenvalue weighted by Crippen LogP contribution is 2.47. The molecule has 0 saturated carbocycles. The molecule has 40 heavy (non-hydrogen) atoms. The lowest BCUT2D eigenvalue weighted by Crippen LogP contribution is -2.44. The number of nitrogens with one attached hydrogen (secondary N) is 1. The topological polar surface area (TPSA) is 95.5 Å². The van der Waals surface area contributed by atoms with Crippen LogP contribution in [0.25, 0.3) is 10.9 Å². The van der Waals surface area contributed by atoms with Crippen molar-refractivity contribution in [1.29, 1.82) is 0 Å². The van der Waals surface area contributed by atoms with Crippen molar-refractivity contribution in [3.8, 4) is 0 Å². The van der Waals surface area contributed by atoms with E-state index in [1.54, 1.807) is 17.3 Å². The zero-order valence-corrected chi connectivity index (χ0v) is 22.6. The number of carbonyl (C=O) groups excluding carboxylic acids is 3. The van der Waals surface area contributed by atoms with E-state index < -0.39 is 11.0 Å². The SMILES string of the molecule is CC(C)N1C(=O)N(Cc2cnc3cc4c(cc3c2)C[C@@]2(C4)C(=O)Nc3ncccc32)C(C)(c2ccccc2)C1=O. The summed E-state index contributed by atoms with van der Waals surface area (Å²) < 4.78 is 0. The number of rotatable bonds is 4. The van der Waals surface area contributed by atoms with Crippen LogP contribution in [-0.2, 0) is 39.9 Å². The van der Waals surface area contributed by atoms with E-state index in [1.807, 2.05) is 69.3 Å². The minimum Gasteiger partial charge on any atom is -0.310 e. The zero-order valence-electron chi connectivity index (χ0n) is 22.6. The fraction of sp³-hybridized carbons (Fsp3) is 0.281. The monoisotopic (exact) mass is 531 g/mol. The number of urea groups is 1. The van der Waals surface area contributed by atoms with Crippen LogP contribution in [-0.4, -0.2) is 43.7 Å². The average Bonchev–Trinajstić information content (AvgIpc) is 3.52. The number of hydrogen-bond acceptors (Lipinski definition) is 5. The fourth-order valence-electron chi connectivity index (χ4n) is 6.70. The van der Waals surface area contributed by atoms with E-state index in [4.69, 9.17) is 4.98 Å². The lowest BCUT2D eigenvalue weighted by molar-refractivity contribution is -0.134. The highest BCUT2D eigenvalue weighted by atomic mass is 16.2. The van der Waals surface area contributed by atoms with Crippen molar-refractivity contribution in [3.05, 3.63) is 101 Å². The number of pyridine rings is 2. The van der Waals surface area contributed by atoms with Gasteiger partial charge in [-0.25, -0.2) is 9.78 Å². The molecule has 8 nitrogen and oxygen atoms in total. The molecule has 200 valence electrons. The Hall–Kier alpha value is -4.59. The number of aromatic nitrogens is 2. The second kappa shape index (κ2) is 8.45. The number of amides is 4. The molecule has 4 aromatic rings. The van der Waals surface area contributed by atoms with Gasteiger partial charge in [-0.15, -0.1) is 0 Å². The smallest absolute Gasteiger partial charge is 0.310 e. The Morgan fingerprint density at radius 3 is 2.45 bits per heavy atom. The van der Waals surface area contributed by atoms with Crippen LogP contribution >= 0.6 is 0 Å². The van der Waals surface area contributed by atoms with Crippen molar-refractivity contribution in [2.75, 3.05) is 5.32 Å². The zero-order chi connectivity index (χ0) is 27.8. The van der Waals surface area contributed by atoms with Gasteiger partial charge in [-0.1, -0.05) is 36.4 Å². The fourth-order valence-corrected chi connectivity index (χ4v) is 6.70. The maximum absolute atomic E-state index is 13.7. The van der Waals surface area contributed by atoms with E-state index in [2.05, 4.69) is 22.4 Å². The van der Waals surface area contributed by atoms with Gasteiger partial charge >= 0.3 is 6.03 Å². The van der Waals surface area contributed by atoms with Crippen LogP contribution in [0, 0.1) is 0 Å². The Labute approximate surface area is 232 Å². The Morgan fingerprint density at radius 2 is 1.70 bits per heavy atom. The minimum absolute atomic E-state index is 0.0118. The number of fused-ring (bicyclic) bond motifs is 4. The minimum atomic E-state index is -1.13. The summed E-state index contributed by atoms with van der Waals surface area (Å²) >= 11 is 0. The van der Waals surface area contributed by atoms with Crippen molar-refractivity contribution in [3.63, 3.8) is 0 Å². The molecule has 1 N–H and O–H groups in total. The summed E-state index contributed by atoms with van der Waals surface area (Å²) in [6.07, 6.45) is 4.68. The van der Waals surface area contributed by atoms with Crippen molar-refractivity contribution >= 4 is 34.6 Å². The first kappa shape index (κ1) is 24.5. The third-order valence-electron chi connectivity index (χ3n) is 8.84. The summed E-state index contributed by atoms with van der Waals surface area (Å²) in [7, 11) is 0. The first-order chi connectivity index (χ1) is 19.2. The Bertz CT molecular complexity index is 1740. The van der Waals surface area contributed by atoms with Gasteiger partial charge in [0.15, 0.2) is 0 Å². The maximum atomic E-state index is 13.7. The van der Waals surface area contributed by atoms with Gasteiger partial charge in [0.1, 0.15) is 11.4 Å². The van der Waals surface area contributed by atoms with Gasteiger partial charge in [0.2, 0.25) is 5.91 Å². The van der Waals surface area contributed by atoms with E-state index in [0.717, 1.165) is 38.7 Å². The van der Waals surface area contributed by atoms with Crippen LogP contribution in [0.4, 0.5) is 10.6 Å². The third-order valence-corrected chi connectivity index (χ3v) is 8.84. The van der Waals surface area contributed by atoms with Crippen LogP contribution in [0.2, 0.25) is 0 Å². The highest BCUT2D eigenvalue weighted by Gasteiger charge is 2.56. The molecule has 7 rings (SSSR count). The number of anilines is 1. The van der Waals surface area contributed by atoms with Gasteiger partial charge in [0, 0.05) is 29.4 Å². The molecule has 0 bridgehead atoms. The van der Waals surface area contributed by atoms with Crippen molar-refractivity contribution in [2.45, 2.75) is 57.2 Å².